The Morgan fingerprint density at radius 3 is 2.94 bits per heavy atom. The molecule has 0 aliphatic carbocycles. The molecule has 0 bridgehead atoms. The highest BCUT2D eigenvalue weighted by Crippen LogP contribution is 2.14. The van der Waals surface area contributed by atoms with Gasteiger partial charge in [0.1, 0.15) is 0 Å². The first kappa shape index (κ1) is 14.5. The van der Waals surface area contributed by atoms with E-state index in [2.05, 4.69) is 12.2 Å². The van der Waals surface area contributed by atoms with E-state index in [-0.39, 0.29) is 11.9 Å². The van der Waals surface area contributed by atoms with E-state index in [0.717, 1.165) is 45.3 Å². The summed E-state index contributed by atoms with van der Waals surface area (Å²) in [6.45, 7) is 4.39. The molecule has 0 spiro atoms. The molecule has 1 rings (SSSR count). The van der Waals surface area contributed by atoms with Crippen LogP contribution in [0.4, 0.5) is 0 Å². The van der Waals surface area contributed by atoms with Crippen molar-refractivity contribution in [2.45, 2.75) is 51.5 Å². The summed E-state index contributed by atoms with van der Waals surface area (Å²) in [5.74, 6) is 0.754. The third kappa shape index (κ3) is 6.03. The molecule has 1 fully saturated rings. The first-order valence-corrected chi connectivity index (χ1v) is 6.83. The molecule has 1 aliphatic heterocycles. The molecule has 1 aliphatic rings. The fourth-order valence-electron chi connectivity index (χ4n) is 2.28. The Bertz CT molecular complexity index is 215. The number of hydrogen-bond acceptors (Lipinski definition) is 3. The highest BCUT2D eigenvalue weighted by atomic mass is 16.5. The molecule has 1 saturated heterocycles. The van der Waals surface area contributed by atoms with Gasteiger partial charge >= 0.3 is 0 Å². The second kappa shape index (κ2) is 8.48. The number of nitrogens with two attached hydrogens (primary N) is 1. The van der Waals surface area contributed by atoms with E-state index < -0.39 is 0 Å². The summed E-state index contributed by atoms with van der Waals surface area (Å²) >= 11 is 0. The monoisotopic (exact) mass is 242 g/mol. The Balaban J connectivity index is 2.14. The van der Waals surface area contributed by atoms with Crippen molar-refractivity contribution in [1.82, 2.24) is 5.32 Å². The van der Waals surface area contributed by atoms with Crippen molar-refractivity contribution in [3.05, 3.63) is 0 Å². The number of ether oxygens (including phenoxy) is 1. The molecule has 0 radical (unpaired) electrons. The van der Waals surface area contributed by atoms with Gasteiger partial charge < -0.3 is 15.8 Å². The van der Waals surface area contributed by atoms with Gasteiger partial charge in [-0.1, -0.05) is 13.3 Å². The molecule has 4 nitrogen and oxygen atoms in total. The van der Waals surface area contributed by atoms with E-state index in [1.807, 2.05) is 0 Å². The van der Waals surface area contributed by atoms with Gasteiger partial charge in [0, 0.05) is 13.0 Å². The van der Waals surface area contributed by atoms with Crippen LogP contribution in [0.25, 0.3) is 0 Å². The van der Waals surface area contributed by atoms with Crippen molar-refractivity contribution in [2.24, 2.45) is 11.7 Å². The number of carbonyl (C=O) groups is 1. The molecule has 100 valence electrons. The smallest absolute Gasteiger partial charge is 0.220 e. The summed E-state index contributed by atoms with van der Waals surface area (Å²) in [5, 5.41) is 3.05. The molecule has 1 heterocycles. The van der Waals surface area contributed by atoms with Gasteiger partial charge in [-0.2, -0.15) is 0 Å². The van der Waals surface area contributed by atoms with Crippen LogP contribution in [0.2, 0.25) is 0 Å². The SMILES string of the molecule is CCC(CCN)CCC(=O)NC1CCCOC1. The zero-order valence-electron chi connectivity index (χ0n) is 10.9. The van der Waals surface area contributed by atoms with Crippen molar-refractivity contribution < 1.29 is 9.53 Å². The Labute approximate surface area is 104 Å². The lowest BCUT2D eigenvalue weighted by molar-refractivity contribution is -0.123. The van der Waals surface area contributed by atoms with E-state index in [1.165, 1.54) is 0 Å². The van der Waals surface area contributed by atoms with Crippen LogP contribution in [0, 0.1) is 5.92 Å². The zero-order valence-corrected chi connectivity index (χ0v) is 10.9. The van der Waals surface area contributed by atoms with Gasteiger partial charge in [0.25, 0.3) is 0 Å². The second-order valence-corrected chi connectivity index (χ2v) is 4.87. The Kier molecular flexibility index (Phi) is 7.21. The standard InChI is InChI=1S/C13H26N2O2/c1-2-11(7-8-14)5-6-13(16)15-12-4-3-9-17-10-12/h11-12H,2-10,14H2,1H3,(H,15,16). The molecule has 0 saturated carbocycles. The van der Waals surface area contributed by atoms with E-state index in [0.29, 0.717) is 18.9 Å². The van der Waals surface area contributed by atoms with Crippen LogP contribution in [0.1, 0.15) is 45.4 Å². The van der Waals surface area contributed by atoms with Crippen LogP contribution < -0.4 is 11.1 Å². The molecular formula is C13H26N2O2. The van der Waals surface area contributed by atoms with Gasteiger partial charge in [-0.15, -0.1) is 0 Å². The van der Waals surface area contributed by atoms with E-state index >= 15 is 0 Å². The third-order valence-electron chi connectivity index (χ3n) is 3.46. The highest BCUT2D eigenvalue weighted by molar-refractivity contribution is 5.76. The van der Waals surface area contributed by atoms with Gasteiger partial charge in [-0.25, -0.2) is 0 Å². The fraction of sp³-hybridized carbons (Fsp3) is 0.923. The predicted octanol–water partition coefficient (Wildman–Crippen LogP) is 1.44. The van der Waals surface area contributed by atoms with Crippen LogP contribution in [-0.4, -0.2) is 31.7 Å². The number of amides is 1. The Hall–Kier alpha value is -0.610. The van der Waals surface area contributed by atoms with Crippen molar-refractivity contribution in [2.75, 3.05) is 19.8 Å². The zero-order chi connectivity index (χ0) is 12.5. The summed E-state index contributed by atoms with van der Waals surface area (Å²) < 4.78 is 5.34. The molecule has 2 atom stereocenters. The molecule has 4 heteroatoms. The third-order valence-corrected chi connectivity index (χ3v) is 3.46. The summed E-state index contributed by atoms with van der Waals surface area (Å²) in [7, 11) is 0. The number of hydrogen-bond donors (Lipinski definition) is 2. The molecule has 1 amide bonds. The van der Waals surface area contributed by atoms with Gasteiger partial charge in [0.05, 0.1) is 12.6 Å². The number of nitrogens with one attached hydrogen (secondary N) is 1. The summed E-state index contributed by atoms with van der Waals surface area (Å²) in [5.41, 5.74) is 5.54. The molecule has 3 N–H and O–H groups in total. The Morgan fingerprint density at radius 2 is 2.35 bits per heavy atom. The van der Waals surface area contributed by atoms with Crippen LogP contribution in [0.3, 0.4) is 0 Å². The molecule has 17 heavy (non-hydrogen) atoms. The number of rotatable bonds is 7. The van der Waals surface area contributed by atoms with Gasteiger partial charge in [-0.05, 0) is 38.1 Å². The maximum absolute atomic E-state index is 11.7. The van der Waals surface area contributed by atoms with Crippen LogP contribution in [0.15, 0.2) is 0 Å². The van der Waals surface area contributed by atoms with Crippen molar-refractivity contribution in [3.8, 4) is 0 Å². The van der Waals surface area contributed by atoms with Gasteiger partial charge in [0.15, 0.2) is 0 Å². The van der Waals surface area contributed by atoms with Crippen molar-refractivity contribution in [1.29, 1.82) is 0 Å². The average Bonchev–Trinajstić information content (AvgIpc) is 2.35. The molecule has 0 aromatic rings. The predicted molar refractivity (Wildman–Crippen MR) is 68.7 cm³/mol. The highest BCUT2D eigenvalue weighted by Gasteiger charge is 2.16. The minimum Gasteiger partial charge on any atom is -0.379 e. The first-order valence-electron chi connectivity index (χ1n) is 6.83. The lowest BCUT2D eigenvalue weighted by atomic mass is 9.96. The Morgan fingerprint density at radius 1 is 1.53 bits per heavy atom. The fourth-order valence-corrected chi connectivity index (χ4v) is 2.28. The van der Waals surface area contributed by atoms with Crippen LogP contribution in [-0.2, 0) is 9.53 Å². The van der Waals surface area contributed by atoms with Crippen LogP contribution in [0.5, 0.6) is 0 Å². The van der Waals surface area contributed by atoms with E-state index in [1.54, 1.807) is 0 Å². The molecule has 0 aromatic carbocycles. The molecule has 2 unspecified atom stereocenters. The minimum atomic E-state index is 0.163. The maximum Gasteiger partial charge on any atom is 0.220 e. The summed E-state index contributed by atoms with van der Waals surface area (Å²) in [4.78, 5) is 11.7. The number of carbonyl (C=O) groups excluding carboxylic acids is 1. The van der Waals surface area contributed by atoms with Crippen LogP contribution >= 0.6 is 0 Å². The largest absolute Gasteiger partial charge is 0.379 e. The lowest BCUT2D eigenvalue weighted by Gasteiger charge is -2.23. The van der Waals surface area contributed by atoms with Gasteiger partial charge in [0.2, 0.25) is 5.91 Å². The van der Waals surface area contributed by atoms with Crippen molar-refractivity contribution in [3.63, 3.8) is 0 Å². The minimum absolute atomic E-state index is 0.163. The topological polar surface area (TPSA) is 64.4 Å². The average molecular weight is 242 g/mol. The molecular weight excluding hydrogens is 216 g/mol. The first-order chi connectivity index (χ1) is 8.26. The van der Waals surface area contributed by atoms with E-state index in [4.69, 9.17) is 10.5 Å². The summed E-state index contributed by atoms with van der Waals surface area (Å²) in [6, 6.07) is 0.228. The second-order valence-electron chi connectivity index (χ2n) is 4.87. The normalized spacial score (nSPS) is 22.1. The summed E-state index contributed by atoms with van der Waals surface area (Å²) in [6.07, 6.45) is 5.80. The quantitative estimate of drug-likeness (QED) is 0.710. The van der Waals surface area contributed by atoms with Crippen molar-refractivity contribution >= 4 is 5.91 Å². The molecule has 0 aromatic heterocycles. The maximum atomic E-state index is 11.7. The lowest BCUT2D eigenvalue weighted by Crippen LogP contribution is -2.40. The van der Waals surface area contributed by atoms with Gasteiger partial charge in [-0.3, -0.25) is 4.79 Å². The van der Waals surface area contributed by atoms with E-state index in [9.17, 15) is 4.79 Å².